The summed E-state index contributed by atoms with van der Waals surface area (Å²) in [6.45, 7) is 0. The molecule has 1 heterocycles. The predicted octanol–water partition coefficient (Wildman–Crippen LogP) is 1.90. The molecule has 0 aliphatic rings. The average molecular weight is 250 g/mol. The Bertz CT molecular complexity index is 605. The van der Waals surface area contributed by atoms with Crippen LogP contribution in [-0.4, -0.2) is 14.9 Å². The fraction of sp³-hybridized carbons (Fsp3) is 0. The molecule has 0 aliphatic heterocycles. The van der Waals surface area contributed by atoms with E-state index in [0.717, 1.165) is 12.1 Å². The molecule has 0 amide bonds. The predicted molar refractivity (Wildman–Crippen MR) is 59.6 cm³/mol. The van der Waals surface area contributed by atoms with E-state index in [0.29, 0.717) is 0 Å². The zero-order valence-electron chi connectivity index (χ0n) is 8.91. The molecule has 2 rings (SSSR count). The van der Waals surface area contributed by atoms with Gasteiger partial charge in [-0.25, -0.2) is 14.4 Å². The Morgan fingerprint density at radius 3 is 2.72 bits per heavy atom. The van der Waals surface area contributed by atoms with E-state index in [2.05, 4.69) is 9.97 Å². The van der Waals surface area contributed by atoms with Crippen LogP contribution in [-0.2, 0) is 0 Å². The Hall–Kier alpha value is -2.77. The lowest BCUT2D eigenvalue weighted by Crippen LogP contribution is -2.00. The largest absolute Gasteiger partial charge is 0.425 e. The number of halogens is 1. The molecule has 0 aliphatic carbocycles. The van der Waals surface area contributed by atoms with Crippen LogP contribution in [0.2, 0.25) is 0 Å². The average Bonchev–Trinajstić information content (AvgIpc) is 2.34. The van der Waals surface area contributed by atoms with Crippen molar-refractivity contribution in [3.63, 3.8) is 0 Å². The highest BCUT2D eigenvalue weighted by atomic mass is 19.1. The molecule has 0 bridgehead atoms. The Kier molecular flexibility index (Phi) is 3.00. The van der Waals surface area contributed by atoms with Crippen molar-refractivity contribution in [3.8, 4) is 11.6 Å². The van der Waals surface area contributed by atoms with Crippen molar-refractivity contribution in [2.45, 2.75) is 0 Å². The summed E-state index contributed by atoms with van der Waals surface area (Å²) in [4.78, 5) is 17.4. The molecule has 0 radical (unpaired) electrons. The Morgan fingerprint density at radius 1 is 1.33 bits per heavy atom. The van der Waals surface area contributed by atoms with Gasteiger partial charge in [-0.2, -0.15) is 0 Å². The number of aromatic nitrogens is 2. The van der Waals surface area contributed by atoms with Gasteiger partial charge in [-0.15, -0.1) is 0 Å². The van der Waals surface area contributed by atoms with Gasteiger partial charge < -0.3 is 10.5 Å². The van der Waals surface area contributed by atoms with Gasteiger partial charge in [0.1, 0.15) is 0 Å². The summed E-state index contributed by atoms with van der Waals surface area (Å²) in [6, 6.07) is 3.36. The minimum Gasteiger partial charge on any atom is -0.425 e. The van der Waals surface area contributed by atoms with Gasteiger partial charge in [-0.05, 0) is 6.07 Å². The van der Waals surface area contributed by atoms with Gasteiger partial charge in [0.05, 0.1) is 4.92 Å². The van der Waals surface area contributed by atoms with Crippen LogP contribution in [0.25, 0.3) is 0 Å². The summed E-state index contributed by atoms with van der Waals surface area (Å²) in [7, 11) is 0. The molecule has 7 nitrogen and oxygen atoms in total. The Labute approximate surface area is 100 Å². The number of ether oxygens (including phenoxy) is 1. The number of rotatable bonds is 3. The first-order valence-electron chi connectivity index (χ1n) is 4.77. The highest BCUT2D eigenvalue weighted by Gasteiger charge is 2.21. The van der Waals surface area contributed by atoms with Crippen LogP contribution in [0.3, 0.4) is 0 Å². The molecule has 0 spiro atoms. The van der Waals surface area contributed by atoms with Crippen molar-refractivity contribution in [2.75, 3.05) is 5.73 Å². The van der Waals surface area contributed by atoms with Crippen molar-refractivity contribution in [2.24, 2.45) is 0 Å². The van der Waals surface area contributed by atoms with Gasteiger partial charge in [-0.1, -0.05) is 6.07 Å². The number of nitro benzene ring substituents is 1. The maximum Gasteiger partial charge on any atom is 0.314 e. The van der Waals surface area contributed by atoms with Gasteiger partial charge in [0.25, 0.3) is 5.88 Å². The summed E-state index contributed by atoms with van der Waals surface area (Å²) in [5.41, 5.74) is 4.94. The third-order valence-corrected chi connectivity index (χ3v) is 2.03. The molecule has 0 fully saturated rings. The molecule has 8 heteroatoms. The molecule has 18 heavy (non-hydrogen) atoms. The number of hydrogen-bond acceptors (Lipinski definition) is 6. The molecule has 0 saturated carbocycles. The van der Waals surface area contributed by atoms with E-state index >= 15 is 0 Å². The van der Waals surface area contributed by atoms with Crippen LogP contribution in [0.1, 0.15) is 0 Å². The first-order valence-corrected chi connectivity index (χ1v) is 4.77. The summed E-state index contributed by atoms with van der Waals surface area (Å²) in [5, 5.41) is 10.7. The normalized spacial score (nSPS) is 10.1. The van der Waals surface area contributed by atoms with Gasteiger partial charge in [0.15, 0.2) is 11.6 Å². The summed E-state index contributed by atoms with van der Waals surface area (Å²) < 4.78 is 18.5. The number of nitro groups is 1. The summed E-state index contributed by atoms with van der Waals surface area (Å²) in [6.07, 6.45) is 2.59. The molecule has 2 N–H and O–H groups in total. The lowest BCUT2D eigenvalue weighted by atomic mass is 10.3. The number of para-hydroxylation sites is 1. The highest BCUT2D eigenvalue weighted by molar-refractivity contribution is 5.51. The van der Waals surface area contributed by atoms with Crippen molar-refractivity contribution in [1.82, 2.24) is 9.97 Å². The minimum atomic E-state index is -0.880. The van der Waals surface area contributed by atoms with E-state index in [4.69, 9.17) is 10.5 Å². The van der Waals surface area contributed by atoms with Crippen LogP contribution >= 0.6 is 0 Å². The molecule has 92 valence electrons. The SMILES string of the molecule is Nc1nccnc1Oc1c(F)cccc1[N+](=O)[O-]. The summed E-state index contributed by atoms with van der Waals surface area (Å²) in [5.74, 6) is -1.70. The van der Waals surface area contributed by atoms with Crippen LogP contribution < -0.4 is 10.5 Å². The maximum absolute atomic E-state index is 13.5. The van der Waals surface area contributed by atoms with Crippen molar-refractivity contribution in [3.05, 3.63) is 46.5 Å². The number of nitrogen functional groups attached to an aromatic ring is 1. The van der Waals surface area contributed by atoms with Crippen LogP contribution in [0.4, 0.5) is 15.9 Å². The fourth-order valence-electron chi connectivity index (χ4n) is 1.25. The van der Waals surface area contributed by atoms with Gasteiger partial charge in [0.2, 0.25) is 5.75 Å². The lowest BCUT2D eigenvalue weighted by molar-refractivity contribution is -0.385. The van der Waals surface area contributed by atoms with E-state index in [-0.39, 0.29) is 11.7 Å². The van der Waals surface area contributed by atoms with Crippen molar-refractivity contribution >= 4 is 11.5 Å². The first-order chi connectivity index (χ1) is 8.59. The lowest BCUT2D eigenvalue weighted by Gasteiger charge is -2.07. The Morgan fingerprint density at radius 2 is 2.06 bits per heavy atom. The molecule has 1 aromatic heterocycles. The summed E-state index contributed by atoms with van der Waals surface area (Å²) >= 11 is 0. The second kappa shape index (κ2) is 4.62. The second-order valence-corrected chi connectivity index (χ2v) is 3.19. The third kappa shape index (κ3) is 2.17. The highest BCUT2D eigenvalue weighted by Crippen LogP contribution is 2.34. The van der Waals surface area contributed by atoms with E-state index in [9.17, 15) is 14.5 Å². The van der Waals surface area contributed by atoms with E-state index < -0.39 is 22.2 Å². The van der Waals surface area contributed by atoms with Gasteiger partial charge in [0, 0.05) is 18.5 Å². The molecular weight excluding hydrogens is 243 g/mol. The number of anilines is 1. The molecule has 1 aromatic carbocycles. The maximum atomic E-state index is 13.5. The minimum absolute atomic E-state index is 0.0879. The first kappa shape index (κ1) is 11.7. The third-order valence-electron chi connectivity index (χ3n) is 2.03. The number of hydrogen-bond donors (Lipinski definition) is 1. The van der Waals surface area contributed by atoms with Crippen LogP contribution in [0, 0.1) is 15.9 Å². The Balaban J connectivity index is 2.46. The van der Waals surface area contributed by atoms with E-state index in [1.165, 1.54) is 18.5 Å². The topological polar surface area (TPSA) is 104 Å². The van der Waals surface area contributed by atoms with Gasteiger partial charge in [-0.3, -0.25) is 10.1 Å². The quantitative estimate of drug-likeness (QED) is 0.658. The molecule has 0 unspecified atom stereocenters. The monoisotopic (exact) mass is 250 g/mol. The second-order valence-electron chi connectivity index (χ2n) is 3.19. The smallest absolute Gasteiger partial charge is 0.314 e. The number of nitrogens with two attached hydrogens (primary N) is 1. The zero-order chi connectivity index (χ0) is 13.1. The van der Waals surface area contributed by atoms with Crippen LogP contribution in [0.5, 0.6) is 11.6 Å². The number of benzene rings is 1. The number of nitrogens with zero attached hydrogens (tertiary/aromatic N) is 3. The van der Waals surface area contributed by atoms with Crippen LogP contribution in [0.15, 0.2) is 30.6 Å². The molecular formula is C10H7FN4O3. The molecule has 0 saturated heterocycles. The van der Waals surface area contributed by atoms with E-state index in [1.807, 2.05) is 0 Å². The molecule has 0 atom stereocenters. The molecule has 2 aromatic rings. The zero-order valence-corrected chi connectivity index (χ0v) is 8.91. The fourth-order valence-corrected chi connectivity index (χ4v) is 1.25. The van der Waals surface area contributed by atoms with Gasteiger partial charge >= 0.3 is 5.69 Å². The standard InChI is InChI=1S/C10H7FN4O3/c11-6-2-1-3-7(15(16)17)8(6)18-10-9(12)13-4-5-14-10/h1-5H,(H2,12,13). The van der Waals surface area contributed by atoms with Crippen molar-refractivity contribution in [1.29, 1.82) is 0 Å². The van der Waals surface area contributed by atoms with E-state index in [1.54, 1.807) is 0 Å². The van der Waals surface area contributed by atoms with Crippen molar-refractivity contribution < 1.29 is 14.1 Å².